The molecule has 0 saturated heterocycles. The first-order valence-corrected chi connectivity index (χ1v) is 5.45. The molecule has 1 aromatic rings. The van der Waals surface area contributed by atoms with E-state index < -0.39 is 0 Å². The third-order valence-corrected chi connectivity index (χ3v) is 3.25. The lowest BCUT2D eigenvalue weighted by molar-refractivity contribution is 1.17. The minimum atomic E-state index is 0.840. The summed E-state index contributed by atoms with van der Waals surface area (Å²) in [5.74, 6) is 0.840. The van der Waals surface area contributed by atoms with Gasteiger partial charge in [-0.25, -0.2) is 0 Å². The summed E-state index contributed by atoms with van der Waals surface area (Å²) in [6, 6.07) is 4.08. The van der Waals surface area contributed by atoms with Crippen molar-refractivity contribution < 1.29 is 0 Å². The molecule has 0 spiro atoms. The predicted molar refractivity (Wildman–Crippen MR) is 57.7 cm³/mol. The number of nitrogens with zero attached hydrogens (tertiary/aromatic N) is 2. The molecule has 2 aliphatic rings. The van der Waals surface area contributed by atoms with Gasteiger partial charge in [-0.15, -0.1) is 0 Å². The van der Waals surface area contributed by atoms with Gasteiger partial charge >= 0.3 is 0 Å². The SMILES string of the molecule is C1=CN=c2ccc3c(c2C=C1)SCN=3. The Kier molecular flexibility index (Phi) is 1.77. The molecule has 0 aliphatic carbocycles. The molecule has 2 aliphatic heterocycles. The summed E-state index contributed by atoms with van der Waals surface area (Å²) in [6.45, 7) is 0. The Balaban J connectivity index is 2.42. The minimum absolute atomic E-state index is 0.840. The molecule has 0 saturated carbocycles. The highest BCUT2D eigenvalue weighted by molar-refractivity contribution is 7.99. The molecule has 0 atom stereocenters. The van der Waals surface area contributed by atoms with Crippen LogP contribution < -0.4 is 10.7 Å². The molecule has 0 unspecified atom stereocenters. The van der Waals surface area contributed by atoms with Crippen LogP contribution in [0.5, 0.6) is 0 Å². The summed E-state index contributed by atoms with van der Waals surface area (Å²) >= 11 is 1.79. The first-order chi connectivity index (χ1) is 6.95. The molecule has 0 aromatic heterocycles. The average molecular weight is 200 g/mol. The van der Waals surface area contributed by atoms with Gasteiger partial charge in [-0.3, -0.25) is 9.98 Å². The van der Waals surface area contributed by atoms with Gasteiger partial charge in [0.2, 0.25) is 0 Å². The van der Waals surface area contributed by atoms with Crippen molar-refractivity contribution in [3.05, 3.63) is 46.8 Å². The number of hydrogen-bond acceptors (Lipinski definition) is 3. The second kappa shape index (κ2) is 3.10. The van der Waals surface area contributed by atoms with Gasteiger partial charge in [0.05, 0.1) is 16.6 Å². The molecule has 0 bridgehead atoms. The van der Waals surface area contributed by atoms with E-state index in [1.54, 1.807) is 11.8 Å². The summed E-state index contributed by atoms with van der Waals surface area (Å²) < 4.78 is 0. The molecule has 2 nitrogen and oxygen atoms in total. The lowest BCUT2D eigenvalue weighted by Crippen LogP contribution is -2.13. The zero-order valence-electron chi connectivity index (χ0n) is 7.47. The van der Waals surface area contributed by atoms with Crippen LogP contribution in [-0.2, 0) is 0 Å². The van der Waals surface area contributed by atoms with Crippen molar-refractivity contribution in [2.75, 3.05) is 5.88 Å². The van der Waals surface area contributed by atoms with E-state index in [-0.39, 0.29) is 0 Å². The molecule has 0 fully saturated rings. The highest BCUT2D eigenvalue weighted by atomic mass is 32.2. The van der Waals surface area contributed by atoms with Gasteiger partial charge in [0.25, 0.3) is 0 Å². The van der Waals surface area contributed by atoms with E-state index in [4.69, 9.17) is 0 Å². The van der Waals surface area contributed by atoms with E-state index in [1.807, 2.05) is 30.5 Å². The third-order valence-electron chi connectivity index (χ3n) is 2.27. The fourth-order valence-electron chi connectivity index (χ4n) is 1.62. The van der Waals surface area contributed by atoms with Crippen LogP contribution in [0.1, 0.15) is 5.56 Å². The van der Waals surface area contributed by atoms with Gasteiger partial charge in [-0.05, 0) is 18.2 Å². The highest BCUT2D eigenvalue weighted by Gasteiger charge is 2.10. The van der Waals surface area contributed by atoms with E-state index in [9.17, 15) is 0 Å². The Morgan fingerprint density at radius 3 is 3.07 bits per heavy atom. The Morgan fingerprint density at radius 1 is 1.14 bits per heavy atom. The number of thioether (sulfide) groups is 1. The quantitative estimate of drug-likeness (QED) is 0.623. The summed E-state index contributed by atoms with van der Waals surface area (Å²) in [6.07, 6.45) is 7.90. The molecular weight excluding hydrogens is 192 g/mol. The maximum atomic E-state index is 4.40. The van der Waals surface area contributed by atoms with E-state index in [0.29, 0.717) is 0 Å². The molecule has 14 heavy (non-hydrogen) atoms. The minimum Gasteiger partial charge on any atom is -0.273 e. The molecule has 2 heterocycles. The normalized spacial score (nSPS) is 16.6. The Labute approximate surface area is 85.8 Å². The van der Waals surface area contributed by atoms with Gasteiger partial charge in [-0.1, -0.05) is 23.9 Å². The van der Waals surface area contributed by atoms with Gasteiger partial charge in [0, 0.05) is 16.7 Å². The van der Waals surface area contributed by atoms with E-state index in [0.717, 1.165) is 16.6 Å². The highest BCUT2D eigenvalue weighted by Crippen LogP contribution is 2.21. The van der Waals surface area contributed by atoms with Crippen LogP contribution >= 0.6 is 11.8 Å². The smallest absolute Gasteiger partial charge is 0.0898 e. The topological polar surface area (TPSA) is 24.7 Å². The van der Waals surface area contributed by atoms with Crippen molar-refractivity contribution in [3.8, 4) is 0 Å². The fourth-order valence-corrected chi connectivity index (χ4v) is 2.56. The van der Waals surface area contributed by atoms with Crippen molar-refractivity contribution in [3.63, 3.8) is 0 Å². The van der Waals surface area contributed by atoms with Crippen LogP contribution in [0.15, 0.2) is 45.4 Å². The number of rotatable bonds is 0. The molecule has 3 rings (SSSR count). The summed E-state index contributed by atoms with van der Waals surface area (Å²) in [5, 5.41) is 2.15. The number of fused-ring (bicyclic) bond motifs is 3. The Morgan fingerprint density at radius 2 is 2.07 bits per heavy atom. The van der Waals surface area contributed by atoms with Crippen molar-refractivity contribution in [1.82, 2.24) is 0 Å². The number of allylic oxidation sites excluding steroid dienone is 2. The second-order valence-electron chi connectivity index (χ2n) is 3.11. The van der Waals surface area contributed by atoms with Gasteiger partial charge in [-0.2, -0.15) is 0 Å². The van der Waals surface area contributed by atoms with Crippen LogP contribution in [0.3, 0.4) is 0 Å². The summed E-state index contributed by atoms with van der Waals surface area (Å²) in [5.41, 5.74) is 1.21. The van der Waals surface area contributed by atoms with Crippen LogP contribution in [0.25, 0.3) is 6.08 Å². The lowest BCUT2D eigenvalue weighted by atomic mass is 10.2. The van der Waals surface area contributed by atoms with Crippen LogP contribution in [0.4, 0.5) is 0 Å². The third kappa shape index (κ3) is 1.13. The Hall–Kier alpha value is -1.35. The van der Waals surface area contributed by atoms with Crippen molar-refractivity contribution in [1.29, 1.82) is 0 Å². The van der Waals surface area contributed by atoms with Crippen molar-refractivity contribution >= 4 is 17.8 Å². The van der Waals surface area contributed by atoms with Crippen LogP contribution in [0, 0.1) is 0 Å². The van der Waals surface area contributed by atoms with Crippen molar-refractivity contribution in [2.45, 2.75) is 4.90 Å². The molecule has 68 valence electrons. The maximum Gasteiger partial charge on any atom is 0.0898 e. The van der Waals surface area contributed by atoms with E-state index in [1.165, 1.54) is 10.5 Å². The maximum absolute atomic E-state index is 4.40. The molecule has 1 aromatic carbocycles. The molecule has 3 heteroatoms. The summed E-state index contributed by atoms with van der Waals surface area (Å²) in [4.78, 5) is 10.0. The van der Waals surface area contributed by atoms with Gasteiger partial charge < -0.3 is 0 Å². The fraction of sp³-hybridized carbons (Fsp3) is 0.0909. The number of hydrogen-bond donors (Lipinski definition) is 0. The number of benzene rings is 1. The zero-order valence-corrected chi connectivity index (χ0v) is 8.29. The lowest BCUT2D eigenvalue weighted by Gasteiger charge is -1.98. The van der Waals surface area contributed by atoms with Crippen LogP contribution in [-0.4, -0.2) is 5.88 Å². The zero-order chi connectivity index (χ0) is 9.38. The molecular formula is C11H8N2S. The first-order valence-electron chi connectivity index (χ1n) is 4.46. The van der Waals surface area contributed by atoms with E-state index in [2.05, 4.69) is 16.1 Å². The molecule has 0 N–H and O–H groups in total. The first kappa shape index (κ1) is 8.00. The van der Waals surface area contributed by atoms with Crippen molar-refractivity contribution in [2.24, 2.45) is 9.98 Å². The molecule has 0 amide bonds. The predicted octanol–water partition coefficient (Wildman–Crippen LogP) is 1.53. The second-order valence-corrected chi connectivity index (χ2v) is 4.06. The monoisotopic (exact) mass is 200 g/mol. The van der Waals surface area contributed by atoms with E-state index >= 15 is 0 Å². The standard InChI is InChI=1S/C11H8N2S/c1-2-6-12-9-4-5-10-11(8(9)3-1)14-7-13-10/h1-6H,7H2. The molecule has 0 radical (unpaired) electrons. The van der Waals surface area contributed by atoms with Gasteiger partial charge in [0.15, 0.2) is 0 Å². The Bertz CT molecular complexity index is 555. The average Bonchev–Trinajstić information content (AvgIpc) is 2.55. The largest absolute Gasteiger partial charge is 0.273 e. The van der Waals surface area contributed by atoms with Crippen LogP contribution in [0.2, 0.25) is 0 Å². The summed E-state index contributed by atoms with van der Waals surface area (Å²) in [7, 11) is 0. The van der Waals surface area contributed by atoms with Gasteiger partial charge in [0.1, 0.15) is 0 Å².